The number of halogens is 2. The summed E-state index contributed by atoms with van der Waals surface area (Å²) in [7, 11) is 0. The molecule has 1 aromatic heterocycles. The van der Waals surface area contributed by atoms with Crippen LogP contribution >= 0.6 is 11.6 Å². The predicted octanol–water partition coefficient (Wildman–Crippen LogP) is 4.32. The first-order valence-electron chi connectivity index (χ1n) is 6.89. The first kappa shape index (κ1) is 15.5. The van der Waals surface area contributed by atoms with E-state index in [1.807, 2.05) is 20.8 Å². The third-order valence-corrected chi connectivity index (χ3v) is 3.35. The van der Waals surface area contributed by atoms with E-state index in [1.54, 1.807) is 12.1 Å². The van der Waals surface area contributed by atoms with Crippen molar-refractivity contribution in [3.8, 4) is 0 Å². The Balaban J connectivity index is 2.43. The van der Waals surface area contributed by atoms with Crippen molar-refractivity contribution >= 4 is 28.9 Å². The van der Waals surface area contributed by atoms with Gasteiger partial charge in [-0.05, 0) is 26.0 Å². The summed E-state index contributed by atoms with van der Waals surface area (Å²) in [5.41, 5.74) is 1.14. The van der Waals surface area contributed by atoms with E-state index in [-0.39, 0.29) is 5.02 Å². The maximum absolute atomic E-state index is 14.0. The van der Waals surface area contributed by atoms with Crippen molar-refractivity contribution in [2.45, 2.75) is 27.2 Å². The van der Waals surface area contributed by atoms with E-state index in [9.17, 15) is 4.39 Å². The zero-order chi connectivity index (χ0) is 15.4. The van der Waals surface area contributed by atoms with Gasteiger partial charge in [0.15, 0.2) is 5.82 Å². The summed E-state index contributed by atoms with van der Waals surface area (Å²) in [5.74, 6) is 1.55. The standard InChI is InChI=1S/C15H18ClFN4/c1-4-12-20-14(18-5-2)9(3)15(21-12)19-11-8-6-7-10(16)13(11)17/h6-8H,4-5H2,1-3H3,(H2,18,19,20,21). The normalized spacial score (nSPS) is 10.5. The van der Waals surface area contributed by atoms with E-state index in [4.69, 9.17) is 11.6 Å². The molecule has 21 heavy (non-hydrogen) atoms. The molecule has 1 heterocycles. The highest BCUT2D eigenvalue weighted by atomic mass is 35.5. The molecule has 0 saturated carbocycles. The van der Waals surface area contributed by atoms with Gasteiger partial charge in [-0.1, -0.05) is 24.6 Å². The summed E-state index contributed by atoms with van der Waals surface area (Å²) in [6.45, 7) is 6.62. The van der Waals surface area contributed by atoms with Crippen LogP contribution < -0.4 is 10.6 Å². The number of nitrogens with zero attached hydrogens (tertiary/aromatic N) is 2. The van der Waals surface area contributed by atoms with E-state index in [1.165, 1.54) is 6.07 Å². The number of anilines is 3. The molecule has 0 atom stereocenters. The van der Waals surface area contributed by atoms with Crippen molar-refractivity contribution < 1.29 is 4.39 Å². The number of rotatable bonds is 5. The second-order valence-electron chi connectivity index (χ2n) is 4.57. The molecule has 0 aliphatic heterocycles. The molecule has 0 fully saturated rings. The molecule has 0 amide bonds. The first-order valence-corrected chi connectivity index (χ1v) is 7.27. The van der Waals surface area contributed by atoms with Gasteiger partial charge >= 0.3 is 0 Å². The van der Waals surface area contributed by atoms with Crippen LogP contribution in [0.5, 0.6) is 0 Å². The third kappa shape index (κ3) is 3.42. The zero-order valence-corrected chi connectivity index (χ0v) is 13.1. The zero-order valence-electron chi connectivity index (χ0n) is 12.3. The topological polar surface area (TPSA) is 49.8 Å². The van der Waals surface area contributed by atoms with Gasteiger partial charge in [-0.25, -0.2) is 14.4 Å². The van der Waals surface area contributed by atoms with Crippen molar-refractivity contribution in [3.63, 3.8) is 0 Å². The van der Waals surface area contributed by atoms with Gasteiger partial charge in [0.2, 0.25) is 0 Å². The molecule has 6 heteroatoms. The minimum atomic E-state index is -0.486. The second-order valence-corrected chi connectivity index (χ2v) is 4.98. The molecule has 0 unspecified atom stereocenters. The SMILES string of the molecule is CCNc1nc(CC)nc(Nc2cccc(Cl)c2F)c1C. The van der Waals surface area contributed by atoms with Gasteiger partial charge in [-0.3, -0.25) is 0 Å². The van der Waals surface area contributed by atoms with Gasteiger partial charge in [0.25, 0.3) is 0 Å². The minimum Gasteiger partial charge on any atom is -0.370 e. The summed E-state index contributed by atoms with van der Waals surface area (Å²) >= 11 is 5.80. The minimum absolute atomic E-state index is 0.0781. The van der Waals surface area contributed by atoms with Gasteiger partial charge in [0.05, 0.1) is 10.7 Å². The Kier molecular flexibility index (Phi) is 4.96. The summed E-state index contributed by atoms with van der Waals surface area (Å²) in [4.78, 5) is 8.87. The van der Waals surface area contributed by atoms with Gasteiger partial charge < -0.3 is 10.6 Å². The van der Waals surface area contributed by atoms with Crippen molar-refractivity contribution in [2.24, 2.45) is 0 Å². The number of benzene rings is 1. The fourth-order valence-corrected chi connectivity index (χ4v) is 2.08. The van der Waals surface area contributed by atoms with Crippen molar-refractivity contribution in [2.75, 3.05) is 17.2 Å². The summed E-state index contributed by atoms with van der Waals surface area (Å²) in [5, 5.41) is 6.27. The largest absolute Gasteiger partial charge is 0.370 e. The lowest BCUT2D eigenvalue weighted by molar-refractivity contribution is 0.632. The summed E-state index contributed by atoms with van der Waals surface area (Å²) < 4.78 is 14.0. The highest BCUT2D eigenvalue weighted by molar-refractivity contribution is 6.31. The lowest BCUT2D eigenvalue weighted by atomic mass is 10.2. The molecular formula is C15H18ClFN4. The number of nitrogens with one attached hydrogen (secondary N) is 2. The molecule has 4 nitrogen and oxygen atoms in total. The quantitative estimate of drug-likeness (QED) is 0.864. The van der Waals surface area contributed by atoms with E-state index >= 15 is 0 Å². The van der Waals surface area contributed by atoms with E-state index in [0.717, 1.165) is 17.9 Å². The lowest BCUT2D eigenvalue weighted by Gasteiger charge is -2.14. The van der Waals surface area contributed by atoms with Crippen LogP contribution in [0.2, 0.25) is 5.02 Å². The van der Waals surface area contributed by atoms with Crippen molar-refractivity contribution in [1.82, 2.24) is 9.97 Å². The van der Waals surface area contributed by atoms with Crippen LogP contribution in [0.4, 0.5) is 21.7 Å². The van der Waals surface area contributed by atoms with Crippen LogP contribution in [0.3, 0.4) is 0 Å². The van der Waals surface area contributed by atoms with Gasteiger partial charge in [-0.2, -0.15) is 0 Å². The summed E-state index contributed by atoms with van der Waals surface area (Å²) in [6.07, 6.45) is 0.700. The Bertz CT molecular complexity index is 646. The van der Waals surface area contributed by atoms with Crippen molar-refractivity contribution in [1.29, 1.82) is 0 Å². The fourth-order valence-electron chi connectivity index (χ4n) is 1.91. The fraction of sp³-hybridized carbons (Fsp3) is 0.333. The van der Waals surface area contributed by atoms with Gasteiger partial charge in [-0.15, -0.1) is 0 Å². The maximum atomic E-state index is 14.0. The Labute approximate surface area is 128 Å². The molecule has 2 N–H and O–H groups in total. The van der Waals surface area contributed by atoms with Crippen LogP contribution in [0.1, 0.15) is 25.2 Å². The molecule has 0 bridgehead atoms. The van der Waals surface area contributed by atoms with Crippen LogP contribution in [0.25, 0.3) is 0 Å². The highest BCUT2D eigenvalue weighted by Crippen LogP contribution is 2.28. The third-order valence-electron chi connectivity index (χ3n) is 3.06. The highest BCUT2D eigenvalue weighted by Gasteiger charge is 2.13. The molecule has 112 valence electrons. The maximum Gasteiger partial charge on any atom is 0.165 e. The van der Waals surface area contributed by atoms with Crippen LogP contribution in [-0.2, 0) is 6.42 Å². The predicted molar refractivity (Wildman–Crippen MR) is 85.0 cm³/mol. The average molecular weight is 309 g/mol. The van der Waals surface area contributed by atoms with Crippen LogP contribution in [0, 0.1) is 12.7 Å². The first-order chi connectivity index (χ1) is 10.1. The molecule has 1 aromatic carbocycles. The summed E-state index contributed by atoms with van der Waals surface area (Å²) in [6, 6.07) is 4.83. The molecule has 0 radical (unpaired) electrons. The monoisotopic (exact) mass is 308 g/mol. The van der Waals surface area contributed by atoms with Crippen LogP contribution in [0.15, 0.2) is 18.2 Å². The lowest BCUT2D eigenvalue weighted by Crippen LogP contribution is -2.09. The Morgan fingerprint density at radius 3 is 2.57 bits per heavy atom. The molecule has 0 saturated heterocycles. The van der Waals surface area contributed by atoms with Crippen LogP contribution in [-0.4, -0.2) is 16.5 Å². The van der Waals surface area contributed by atoms with E-state index in [0.29, 0.717) is 23.8 Å². The molecule has 2 rings (SSSR count). The average Bonchev–Trinajstić information content (AvgIpc) is 2.48. The molecular weight excluding hydrogens is 291 g/mol. The van der Waals surface area contributed by atoms with Gasteiger partial charge in [0.1, 0.15) is 17.5 Å². The number of hydrogen-bond donors (Lipinski definition) is 2. The van der Waals surface area contributed by atoms with Gasteiger partial charge in [0, 0.05) is 18.5 Å². The molecule has 0 spiro atoms. The van der Waals surface area contributed by atoms with E-state index in [2.05, 4.69) is 20.6 Å². The number of hydrogen-bond acceptors (Lipinski definition) is 4. The Morgan fingerprint density at radius 1 is 1.19 bits per heavy atom. The number of aromatic nitrogens is 2. The number of aryl methyl sites for hydroxylation is 1. The molecule has 0 aliphatic carbocycles. The van der Waals surface area contributed by atoms with Crippen molar-refractivity contribution in [3.05, 3.63) is 40.4 Å². The smallest absolute Gasteiger partial charge is 0.165 e. The van der Waals surface area contributed by atoms with E-state index < -0.39 is 5.82 Å². The Hall–Kier alpha value is -1.88. The Morgan fingerprint density at radius 2 is 1.90 bits per heavy atom. The molecule has 2 aromatic rings. The molecule has 0 aliphatic rings. The second kappa shape index (κ2) is 6.72.